The Morgan fingerprint density at radius 1 is 1.14 bits per heavy atom. The van der Waals surface area contributed by atoms with Crippen LogP contribution in [-0.2, 0) is 6.54 Å². The molecule has 112 valence electrons. The van der Waals surface area contributed by atoms with Gasteiger partial charge in [0.25, 0.3) is 0 Å². The Hall–Kier alpha value is -2.76. The van der Waals surface area contributed by atoms with Gasteiger partial charge in [-0.15, -0.1) is 10.2 Å². The summed E-state index contributed by atoms with van der Waals surface area (Å²) in [5.41, 5.74) is 1.68. The molecule has 0 aliphatic carbocycles. The zero-order valence-corrected chi connectivity index (χ0v) is 12.1. The molecule has 0 spiro atoms. The van der Waals surface area contributed by atoms with Crippen LogP contribution in [0.5, 0.6) is 5.75 Å². The van der Waals surface area contributed by atoms with Crippen molar-refractivity contribution in [3.05, 3.63) is 59.9 Å². The number of para-hydroxylation sites is 1. The van der Waals surface area contributed by atoms with Crippen LogP contribution in [0.4, 0.5) is 4.39 Å². The molecule has 0 aliphatic heterocycles. The van der Waals surface area contributed by atoms with Crippen LogP contribution in [0.1, 0.15) is 5.56 Å². The number of hydrogen-bond acceptors (Lipinski definition) is 4. The molecular formula is C16H15FN4O. The van der Waals surface area contributed by atoms with Gasteiger partial charge in [-0.05, 0) is 35.9 Å². The van der Waals surface area contributed by atoms with Crippen LogP contribution in [0, 0.1) is 12.7 Å². The van der Waals surface area contributed by atoms with Crippen molar-refractivity contribution in [3.63, 3.8) is 0 Å². The Morgan fingerprint density at radius 2 is 2.00 bits per heavy atom. The maximum Gasteiger partial charge on any atom is 0.205 e. The van der Waals surface area contributed by atoms with Crippen LogP contribution < -0.4 is 4.74 Å². The molecule has 0 aliphatic rings. The van der Waals surface area contributed by atoms with Crippen LogP contribution in [0.3, 0.4) is 0 Å². The summed E-state index contributed by atoms with van der Waals surface area (Å²) in [6, 6.07) is 13.9. The molecule has 5 nitrogen and oxygen atoms in total. The average Bonchev–Trinajstić information content (AvgIpc) is 2.98. The zero-order chi connectivity index (χ0) is 15.4. The number of hydrogen-bond donors (Lipinski definition) is 0. The maximum absolute atomic E-state index is 13.2. The van der Waals surface area contributed by atoms with E-state index in [4.69, 9.17) is 4.74 Å². The van der Waals surface area contributed by atoms with E-state index in [2.05, 4.69) is 15.4 Å². The van der Waals surface area contributed by atoms with E-state index < -0.39 is 0 Å². The van der Waals surface area contributed by atoms with E-state index in [0.29, 0.717) is 24.5 Å². The largest absolute Gasteiger partial charge is 0.491 e. The highest BCUT2D eigenvalue weighted by molar-refractivity contribution is 5.53. The first-order valence-electron chi connectivity index (χ1n) is 6.94. The highest BCUT2D eigenvalue weighted by Gasteiger charge is 2.07. The van der Waals surface area contributed by atoms with E-state index >= 15 is 0 Å². The van der Waals surface area contributed by atoms with E-state index in [1.807, 2.05) is 31.2 Å². The van der Waals surface area contributed by atoms with Gasteiger partial charge in [0.05, 0.1) is 6.54 Å². The number of nitrogens with zero attached hydrogens (tertiary/aromatic N) is 4. The summed E-state index contributed by atoms with van der Waals surface area (Å²) in [6.07, 6.45) is 0. The molecule has 0 bridgehead atoms. The number of tetrazole rings is 1. The second-order valence-corrected chi connectivity index (χ2v) is 4.83. The molecule has 0 saturated heterocycles. The molecule has 0 N–H and O–H groups in total. The molecule has 0 fully saturated rings. The van der Waals surface area contributed by atoms with Crippen LogP contribution in [0.2, 0.25) is 0 Å². The first-order valence-corrected chi connectivity index (χ1v) is 6.94. The van der Waals surface area contributed by atoms with Gasteiger partial charge in [-0.3, -0.25) is 0 Å². The Bertz CT molecular complexity index is 772. The first-order chi connectivity index (χ1) is 10.7. The first kappa shape index (κ1) is 14.2. The lowest BCUT2D eigenvalue weighted by atomic mass is 10.2. The van der Waals surface area contributed by atoms with Crippen molar-refractivity contribution in [1.29, 1.82) is 0 Å². The average molecular weight is 298 g/mol. The number of halogens is 1. The van der Waals surface area contributed by atoms with Gasteiger partial charge in [0.15, 0.2) is 0 Å². The molecule has 2 aromatic carbocycles. The molecule has 0 amide bonds. The van der Waals surface area contributed by atoms with Gasteiger partial charge in [-0.1, -0.05) is 30.3 Å². The van der Waals surface area contributed by atoms with Crippen LogP contribution in [-0.4, -0.2) is 26.8 Å². The monoisotopic (exact) mass is 298 g/mol. The van der Waals surface area contributed by atoms with Crippen molar-refractivity contribution in [2.75, 3.05) is 6.61 Å². The second kappa shape index (κ2) is 6.34. The zero-order valence-electron chi connectivity index (χ0n) is 12.1. The molecule has 0 saturated carbocycles. The van der Waals surface area contributed by atoms with Crippen LogP contribution >= 0.6 is 0 Å². The second-order valence-electron chi connectivity index (χ2n) is 4.83. The third-order valence-electron chi connectivity index (χ3n) is 3.18. The number of benzene rings is 2. The van der Waals surface area contributed by atoms with Gasteiger partial charge < -0.3 is 4.74 Å². The lowest BCUT2D eigenvalue weighted by molar-refractivity contribution is 0.279. The number of aryl methyl sites for hydroxylation is 1. The minimum absolute atomic E-state index is 0.322. The van der Waals surface area contributed by atoms with E-state index in [-0.39, 0.29) is 5.82 Å². The SMILES string of the molecule is Cc1ccccc1OCCn1nnc(-c2cccc(F)c2)n1. The minimum Gasteiger partial charge on any atom is -0.491 e. The van der Waals surface area contributed by atoms with E-state index in [1.165, 1.54) is 16.9 Å². The van der Waals surface area contributed by atoms with Crippen molar-refractivity contribution in [3.8, 4) is 17.1 Å². The van der Waals surface area contributed by atoms with Gasteiger partial charge in [0.1, 0.15) is 18.2 Å². The predicted octanol–water partition coefficient (Wildman–Crippen LogP) is 2.87. The fourth-order valence-corrected chi connectivity index (χ4v) is 2.04. The van der Waals surface area contributed by atoms with E-state index in [9.17, 15) is 4.39 Å². The number of aromatic nitrogens is 4. The third kappa shape index (κ3) is 3.28. The standard InChI is InChI=1S/C16H15FN4O/c1-12-5-2-3-8-15(12)22-10-9-21-19-16(18-20-21)13-6-4-7-14(17)11-13/h2-8,11H,9-10H2,1H3. The summed E-state index contributed by atoms with van der Waals surface area (Å²) in [7, 11) is 0. The van der Waals surface area contributed by atoms with Crippen molar-refractivity contribution in [2.45, 2.75) is 13.5 Å². The smallest absolute Gasteiger partial charge is 0.205 e. The van der Waals surface area contributed by atoms with Gasteiger partial charge >= 0.3 is 0 Å². The predicted molar refractivity (Wildman–Crippen MR) is 79.9 cm³/mol. The van der Waals surface area contributed by atoms with Crippen molar-refractivity contribution >= 4 is 0 Å². The van der Waals surface area contributed by atoms with Gasteiger partial charge in [-0.2, -0.15) is 4.80 Å². The Balaban J connectivity index is 1.62. The molecule has 6 heteroatoms. The lowest BCUT2D eigenvalue weighted by Crippen LogP contribution is -2.11. The summed E-state index contributed by atoms with van der Waals surface area (Å²) in [5.74, 6) is 0.917. The van der Waals surface area contributed by atoms with Crippen LogP contribution in [0.25, 0.3) is 11.4 Å². The molecule has 1 heterocycles. The normalized spacial score (nSPS) is 10.6. The highest BCUT2D eigenvalue weighted by Crippen LogP contribution is 2.16. The molecular weight excluding hydrogens is 283 g/mol. The Kier molecular flexibility index (Phi) is 4.09. The molecule has 22 heavy (non-hydrogen) atoms. The summed E-state index contributed by atoms with van der Waals surface area (Å²) < 4.78 is 18.9. The van der Waals surface area contributed by atoms with Crippen LogP contribution in [0.15, 0.2) is 48.5 Å². The Morgan fingerprint density at radius 3 is 2.82 bits per heavy atom. The number of ether oxygens (including phenoxy) is 1. The molecule has 3 rings (SSSR count). The van der Waals surface area contributed by atoms with E-state index in [1.54, 1.807) is 12.1 Å². The summed E-state index contributed by atoms with van der Waals surface area (Å²) in [5, 5.41) is 12.1. The topological polar surface area (TPSA) is 52.8 Å². The summed E-state index contributed by atoms with van der Waals surface area (Å²) in [4.78, 5) is 1.44. The van der Waals surface area contributed by atoms with Crippen molar-refractivity contribution < 1.29 is 9.13 Å². The summed E-state index contributed by atoms with van der Waals surface area (Å²) in [6.45, 7) is 2.89. The van der Waals surface area contributed by atoms with Crippen molar-refractivity contribution in [2.24, 2.45) is 0 Å². The highest BCUT2D eigenvalue weighted by atomic mass is 19.1. The molecule has 0 radical (unpaired) electrons. The maximum atomic E-state index is 13.2. The molecule has 0 atom stereocenters. The minimum atomic E-state index is -0.322. The number of rotatable bonds is 5. The molecule has 3 aromatic rings. The quantitative estimate of drug-likeness (QED) is 0.727. The summed E-state index contributed by atoms with van der Waals surface area (Å²) >= 11 is 0. The van der Waals surface area contributed by atoms with Gasteiger partial charge in [0, 0.05) is 5.56 Å². The fourth-order valence-electron chi connectivity index (χ4n) is 2.04. The third-order valence-corrected chi connectivity index (χ3v) is 3.18. The lowest BCUT2D eigenvalue weighted by Gasteiger charge is -2.07. The fraction of sp³-hybridized carbons (Fsp3) is 0.188. The Labute approximate surface area is 127 Å². The molecule has 0 unspecified atom stereocenters. The molecule has 1 aromatic heterocycles. The van der Waals surface area contributed by atoms with E-state index in [0.717, 1.165) is 11.3 Å². The van der Waals surface area contributed by atoms with Gasteiger partial charge in [-0.25, -0.2) is 4.39 Å². The van der Waals surface area contributed by atoms with Gasteiger partial charge in [0.2, 0.25) is 5.82 Å². The van der Waals surface area contributed by atoms with Crippen molar-refractivity contribution in [1.82, 2.24) is 20.2 Å².